The number of benzene rings is 2. The Morgan fingerprint density at radius 3 is 2.38 bits per heavy atom. The molecule has 0 radical (unpaired) electrons. The minimum atomic E-state index is -4.50. The van der Waals surface area contributed by atoms with Gasteiger partial charge in [-0.3, -0.25) is 14.5 Å². The van der Waals surface area contributed by atoms with Crippen LogP contribution in [0.3, 0.4) is 0 Å². The van der Waals surface area contributed by atoms with Gasteiger partial charge >= 0.3 is 0 Å². The molecule has 0 aliphatic carbocycles. The molecule has 0 spiro atoms. The lowest BCUT2D eigenvalue weighted by Crippen LogP contribution is -2.61. The zero-order chi connectivity index (χ0) is 24.8. The van der Waals surface area contributed by atoms with E-state index >= 15 is 0 Å². The molecule has 2 heterocycles. The van der Waals surface area contributed by atoms with Gasteiger partial charge in [-0.2, -0.15) is 0 Å². The monoisotopic (exact) mass is 509 g/mol. The minimum absolute atomic E-state index is 0.0489. The van der Waals surface area contributed by atoms with Crippen molar-refractivity contribution in [3.63, 3.8) is 0 Å². The fourth-order valence-corrected chi connectivity index (χ4v) is 5.70. The van der Waals surface area contributed by atoms with Crippen LogP contribution in [-0.4, -0.2) is 53.0 Å². The van der Waals surface area contributed by atoms with Crippen molar-refractivity contribution in [3.8, 4) is 0 Å². The number of hydrogen-bond donors (Lipinski definition) is 0. The van der Waals surface area contributed by atoms with E-state index in [-0.39, 0.29) is 37.2 Å². The van der Waals surface area contributed by atoms with Gasteiger partial charge in [0.25, 0.3) is 10.0 Å². The number of amides is 2. The summed E-state index contributed by atoms with van der Waals surface area (Å²) < 4.78 is 55.6. The number of fused-ring (bicyclic) bond motifs is 1. The van der Waals surface area contributed by atoms with Crippen LogP contribution in [-0.2, 0) is 26.0 Å². The first-order valence-electron chi connectivity index (χ1n) is 10.6. The van der Waals surface area contributed by atoms with Crippen LogP contribution in [0.1, 0.15) is 25.8 Å². The molecular weight excluding hydrogens is 488 g/mol. The van der Waals surface area contributed by atoms with Crippen molar-refractivity contribution in [1.29, 1.82) is 0 Å². The van der Waals surface area contributed by atoms with Crippen LogP contribution in [0.15, 0.2) is 59.4 Å². The molecule has 0 bridgehead atoms. The van der Waals surface area contributed by atoms with Gasteiger partial charge in [-0.25, -0.2) is 21.5 Å². The third kappa shape index (κ3) is 4.27. The Morgan fingerprint density at radius 2 is 1.76 bits per heavy atom. The largest absolute Gasteiger partial charge is 0.311 e. The van der Waals surface area contributed by atoms with E-state index in [9.17, 15) is 26.8 Å². The van der Waals surface area contributed by atoms with Gasteiger partial charge in [-0.05, 0) is 43.7 Å². The van der Waals surface area contributed by atoms with E-state index in [1.54, 1.807) is 38.1 Å². The van der Waals surface area contributed by atoms with E-state index in [2.05, 4.69) is 0 Å². The van der Waals surface area contributed by atoms with Crippen molar-refractivity contribution in [2.45, 2.75) is 43.7 Å². The highest BCUT2D eigenvalue weighted by atomic mass is 35.5. The van der Waals surface area contributed by atoms with Crippen LogP contribution >= 0.6 is 11.6 Å². The van der Waals surface area contributed by atoms with Crippen molar-refractivity contribution in [2.24, 2.45) is 0 Å². The van der Waals surface area contributed by atoms with E-state index < -0.39 is 38.5 Å². The molecule has 1 fully saturated rings. The maximum absolute atomic E-state index is 14.4. The lowest BCUT2D eigenvalue weighted by atomic mass is 10.00. The second kappa shape index (κ2) is 8.99. The summed E-state index contributed by atoms with van der Waals surface area (Å²) in [4.78, 5) is 28.1. The Labute approximate surface area is 201 Å². The first-order valence-corrected chi connectivity index (χ1v) is 12.4. The first-order chi connectivity index (χ1) is 16.0. The highest BCUT2D eigenvalue weighted by Gasteiger charge is 2.47. The van der Waals surface area contributed by atoms with Gasteiger partial charge in [0.2, 0.25) is 11.8 Å². The van der Waals surface area contributed by atoms with Crippen LogP contribution in [0.5, 0.6) is 0 Å². The van der Waals surface area contributed by atoms with Gasteiger partial charge in [0.05, 0.1) is 0 Å². The minimum Gasteiger partial charge on any atom is -0.311 e. The van der Waals surface area contributed by atoms with Gasteiger partial charge < -0.3 is 4.90 Å². The standard InChI is InChI=1S/C23H22ClF2N3O4S/c1-14(2)27-13-21-28(34(32,33)20-8-7-17(25)12-18(20)26)10-9-22(30)29(21)19(23(27)31)11-15-3-5-16(24)6-4-15/h3-8,12-14,19H,9-11H2,1-2H3. The van der Waals surface area contributed by atoms with E-state index in [4.69, 9.17) is 11.6 Å². The maximum atomic E-state index is 14.4. The first kappa shape index (κ1) is 24.2. The predicted octanol–water partition coefficient (Wildman–Crippen LogP) is 3.50. The molecule has 4 rings (SSSR count). The molecule has 7 nitrogen and oxygen atoms in total. The third-order valence-electron chi connectivity index (χ3n) is 5.77. The van der Waals surface area contributed by atoms with Crippen LogP contribution in [0.4, 0.5) is 8.78 Å². The maximum Gasteiger partial charge on any atom is 0.268 e. The lowest BCUT2D eigenvalue weighted by molar-refractivity contribution is -0.148. The average molecular weight is 510 g/mol. The Kier molecular flexibility index (Phi) is 6.39. The van der Waals surface area contributed by atoms with Crippen LogP contribution in [0, 0.1) is 11.6 Å². The van der Waals surface area contributed by atoms with Crippen molar-refractivity contribution < 1.29 is 26.8 Å². The number of carbonyl (C=O) groups is 2. The fourth-order valence-electron chi connectivity index (χ4n) is 4.08. The molecule has 2 aromatic rings. The molecule has 0 saturated carbocycles. The molecule has 2 aliphatic heterocycles. The number of nitrogens with zero attached hydrogens (tertiary/aromatic N) is 3. The molecule has 180 valence electrons. The molecular formula is C23H22ClF2N3O4S. The molecule has 0 N–H and O–H groups in total. The van der Waals surface area contributed by atoms with Gasteiger partial charge in [0.15, 0.2) is 0 Å². The molecule has 34 heavy (non-hydrogen) atoms. The Morgan fingerprint density at radius 1 is 1.09 bits per heavy atom. The number of sulfonamides is 1. The predicted molar refractivity (Wildman–Crippen MR) is 121 cm³/mol. The summed E-state index contributed by atoms with van der Waals surface area (Å²) in [5.41, 5.74) is 0.727. The molecule has 11 heteroatoms. The number of carbonyl (C=O) groups excluding carboxylic acids is 2. The van der Waals surface area contributed by atoms with E-state index in [0.717, 1.165) is 26.9 Å². The summed E-state index contributed by atoms with van der Waals surface area (Å²) in [6, 6.07) is 7.62. The second-order valence-corrected chi connectivity index (χ2v) is 10.6. The highest BCUT2D eigenvalue weighted by molar-refractivity contribution is 7.89. The molecule has 2 aromatic carbocycles. The zero-order valence-corrected chi connectivity index (χ0v) is 20.0. The smallest absolute Gasteiger partial charge is 0.268 e. The SMILES string of the molecule is CC(C)N1C=C2N(C(=O)CCN2S(=O)(=O)c2ccc(F)cc2F)C(Cc2ccc(Cl)cc2)C1=O. The van der Waals surface area contributed by atoms with E-state index in [0.29, 0.717) is 11.1 Å². The topological polar surface area (TPSA) is 78.0 Å². The summed E-state index contributed by atoms with van der Waals surface area (Å²) in [7, 11) is -4.50. The van der Waals surface area contributed by atoms with E-state index in [1.807, 2.05) is 0 Å². The third-order valence-corrected chi connectivity index (χ3v) is 7.85. The summed E-state index contributed by atoms with van der Waals surface area (Å²) in [5, 5.41) is 0.510. The summed E-state index contributed by atoms with van der Waals surface area (Å²) in [6.07, 6.45) is 1.23. The van der Waals surface area contributed by atoms with Crippen molar-refractivity contribution in [3.05, 3.63) is 76.7 Å². The van der Waals surface area contributed by atoms with Crippen molar-refractivity contribution in [2.75, 3.05) is 6.54 Å². The lowest BCUT2D eigenvalue weighted by Gasteiger charge is -2.46. The van der Waals surface area contributed by atoms with Gasteiger partial charge in [0.1, 0.15) is 28.4 Å². The number of rotatable bonds is 5. The number of halogens is 3. The van der Waals surface area contributed by atoms with Gasteiger partial charge in [0, 0.05) is 42.7 Å². The fraction of sp³-hybridized carbons (Fsp3) is 0.304. The van der Waals surface area contributed by atoms with Crippen LogP contribution in [0.2, 0.25) is 5.02 Å². The van der Waals surface area contributed by atoms with Gasteiger partial charge in [-0.1, -0.05) is 23.7 Å². The summed E-state index contributed by atoms with van der Waals surface area (Å²) in [5.74, 6) is -2.99. The second-order valence-electron chi connectivity index (χ2n) is 8.34. The van der Waals surface area contributed by atoms with E-state index in [1.165, 1.54) is 11.1 Å². The summed E-state index contributed by atoms with van der Waals surface area (Å²) >= 11 is 5.96. The Bertz CT molecular complexity index is 1280. The highest BCUT2D eigenvalue weighted by Crippen LogP contribution is 2.34. The summed E-state index contributed by atoms with van der Waals surface area (Å²) in [6.45, 7) is 3.27. The zero-order valence-electron chi connectivity index (χ0n) is 18.4. The van der Waals surface area contributed by atoms with Crippen molar-refractivity contribution in [1.82, 2.24) is 14.1 Å². The van der Waals surface area contributed by atoms with Crippen molar-refractivity contribution >= 4 is 33.4 Å². The molecule has 1 saturated heterocycles. The molecule has 0 aromatic heterocycles. The molecule has 2 aliphatic rings. The quantitative estimate of drug-likeness (QED) is 0.618. The van der Waals surface area contributed by atoms with Crippen LogP contribution < -0.4 is 0 Å². The number of hydrogen-bond acceptors (Lipinski definition) is 4. The van der Waals surface area contributed by atoms with Gasteiger partial charge in [-0.15, -0.1) is 0 Å². The normalized spacial score (nSPS) is 18.9. The van der Waals surface area contributed by atoms with Crippen LogP contribution in [0.25, 0.3) is 0 Å². The molecule has 1 unspecified atom stereocenters. The Balaban J connectivity index is 1.81. The Hall–Kier alpha value is -2.98. The molecule has 2 amide bonds. The average Bonchev–Trinajstić information content (AvgIpc) is 2.76. The molecule has 1 atom stereocenters.